The molecular formula is C46H33N3. The first-order valence-electron chi connectivity index (χ1n) is 17.0. The van der Waals surface area contributed by atoms with Crippen molar-refractivity contribution in [1.82, 2.24) is 9.55 Å². The normalized spacial score (nSPS) is 14.0. The highest BCUT2D eigenvalue weighted by molar-refractivity contribution is 6.11. The first-order chi connectivity index (χ1) is 24.1. The second-order valence-electron chi connectivity index (χ2n) is 13.7. The van der Waals surface area contributed by atoms with E-state index in [0.29, 0.717) is 0 Å². The van der Waals surface area contributed by atoms with Crippen LogP contribution in [0.1, 0.15) is 19.4 Å². The summed E-state index contributed by atoms with van der Waals surface area (Å²) in [4.78, 5) is 7.49. The number of allylic oxidation sites excluding steroid dienone is 1. The molecule has 3 heterocycles. The molecule has 0 radical (unpaired) electrons. The summed E-state index contributed by atoms with van der Waals surface area (Å²) in [6.45, 7) is 4.61. The molecule has 8 aromatic rings. The smallest absolute Gasteiger partial charge is 0.0786 e. The minimum Gasteiger partial charge on any atom is -0.317 e. The Labute approximate surface area is 286 Å². The third kappa shape index (κ3) is 4.06. The Hall–Kier alpha value is -6.19. The van der Waals surface area contributed by atoms with Gasteiger partial charge in [0.2, 0.25) is 0 Å². The van der Waals surface area contributed by atoms with Gasteiger partial charge >= 0.3 is 0 Å². The zero-order valence-corrected chi connectivity index (χ0v) is 27.4. The van der Waals surface area contributed by atoms with Gasteiger partial charge in [0.05, 0.1) is 28.1 Å². The van der Waals surface area contributed by atoms with Crippen molar-refractivity contribution in [2.45, 2.75) is 19.3 Å². The van der Waals surface area contributed by atoms with E-state index < -0.39 is 0 Å². The monoisotopic (exact) mass is 627 g/mol. The number of rotatable bonds is 2. The molecule has 0 bridgehead atoms. The third-order valence-corrected chi connectivity index (χ3v) is 10.5. The van der Waals surface area contributed by atoms with Gasteiger partial charge < -0.3 is 9.47 Å². The molecule has 0 N–H and O–H groups in total. The Balaban J connectivity index is 1.33. The van der Waals surface area contributed by atoms with Gasteiger partial charge in [-0.3, -0.25) is 4.98 Å². The quantitative estimate of drug-likeness (QED) is 0.190. The first-order valence-corrected chi connectivity index (χ1v) is 17.0. The van der Waals surface area contributed by atoms with Gasteiger partial charge in [-0.1, -0.05) is 117 Å². The van der Waals surface area contributed by atoms with Crippen LogP contribution in [0.4, 0.5) is 11.4 Å². The molecule has 232 valence electrons. The van der Waals surface area contributed by atoms with Crippen LogP contribution in [0.15, 0.2) is 164 Å². The van der Waals surface area contributed by atoms with E-state index in [2.05, 4.69) is 181 Å². The summed E-state index contributed by atoms with van der Waals surface area (Å²) in [5, 5.41) is 2.51. The minimum atomic E-state index is -0.159. The van der Waals surface area contributed by atoms with Crippen LogP contribution in [-0.2, 0) is 5.41 Å². The van der Waals surface area contributed by atoms with Crippen molar-refractivity contribution in [2.24, 2.45) is 0 Å². The van der Waals surface area contributed by atoms with Gasteiger partial charge in [-0.05, 0) is 76.3 Å². The van der Waals surface area contributed by atoms with Gasteiger partial charge in [-0.2, -0.15) is 0 Å². The number of aromatic nitrogens is 2. The van der Waals surface area contributed by atoms with Crippen LogP contribution >= 0.6 is 0 Å². The fourth-order valence-corrected chi connectivity index (χ4v) is 8.16. The maximum atomic E-state index is 5.16. The predicted molar refractivity (Wildman–Crippen MR) is 205 cm³/mol. The summed E-state index contributed by atoms with van der Waals surface area (Å²) in [7, 11) is 0. The molecule has 49 heavy (non-hydrogen) atoms. The highest BCUT2D eigenvalue weighted by Gasteiger charge is 2.33. The molecule has 1 aliphatic carbocycles. The average Bonchev–Trinajstić information content (AvgIpc) is 3.48. The number of anilines is 2. The van der Waals surface area contributed by atoms with Crippen molar-refractivity contribution >= 4 is 33.2 Å². The van der Waals surface area contributed by atoms with Gasteiger partial charge in [-0.15, -0.1) is 0 Å². The number of fused-ring (bicyclic) bond motifs is 12. The summed E-state index contributed by atoms with van der Waals surface area (Å²) >= 11 is 0. The predicted octanol–water partition coefficient (Wildman–Crippen LogP) is 12.1. The Morgan fingerprint density at radius 3 is 1.94 bits per heavy atom. The molecular weight excluding hydrogens is 595 g/mol. The zero-order valence-electron chi connectivity index (χ0n) is 27.4. The topological polar surface area (TPSA) is 21.1 Å². The second-order valence-corrected chi connectivity index (χ2v) is 13.7. The van der Waals surface area contributed by atoms with Gasteiger partial charge in [-0.25, -0.2) is 0 Å². The van der Waals surface area contributed by atoms with Gasteiger partial charge in [0, 0.05) is 51.0 Å². The van der Waals surface area contributed by atoms with Crippen LogP contribution in [0.25, 0.3) is 72.1 Å². The lowest BCUT2D eigenvalue weighted by Crippen LogP contribution is -2.25. The Morgan fingerprint density at radius 1 is 0.510 bits per heavy atom. The molecule has 0 fully saturated rings. The average molecular weight is 628 g/mol. The number of benzene rings is 6. The molecule has 6 aromatic carbocycles. The third-order valence-electron chi connectivity index (χ3n) is 10.5. The molecule has 3 heteroatoms. The molecule has 0 unspecified atom stereocenters. The molecule has 0 saturated carbocycles. The van der Waals surface area contributed by atoms with Crippen molar-refractivity contribution in [3.8, 4) is 50.3 Å². The van der Waals surface area contributed by atoms with Gasteiger partial charge in [0.15, 0.2) is 0 Å². The van der Waals surface area contributed by atoms with Crippen molar-refractivity contribution < 1.29 is 0 Å². The molecule has 0 spiro atoms. The number of para-hydroxylation sites is 3. The molecule has 0 atom stereocenters. The Bertz CT molecular complexity index is 2590. The minimum absolute atomic E-state index is 0.159. The van der Waals surface area contributed by atoms with Crippen LogP contribution in [-0.4, -0.2) is 9.55 Å². The summed E-state index contributed by atoms with van der Waals surface area (Å²) in [5.74, 6) is 0. The van der Waals surface area contributed by atoms with E-state index in [1.165, 1.54) is 60.9 Å². The molecule has 2 aromatic heterocycles. The number of pyridine rings is 1. The number of nitrogens with zero attached hydrogens (tertiary/aromatic N) is 3. The Morgan fingerprint density at radius 2 is 1.16 bits per heavy atom. The lowest BCUT2D eigenvalue weighted by atomic mass is 9.76. The summed E-state index contributed by atoms with van der Waals surface area (Å²) in [6.07, 6.45) is 6.49. The summed E-state index contributed by atoms with van der Waals surface area (Å²) in [5.41, 5.74) is 16.3. The molecule has 0 saturated heterocycles. The SMILES string of the molecule is CC1(C)C=CN(c2ccccc2)c2cc3c(cc21)-c1ncccc1-c1cccc(-n2c4ccccc4c4ccccc42)c1-c1ccccc1-3. The molecule has 3 nitrogen and oxygen atoms in total. The van der Waals surface area contributed by atoms with Crippen LogP contribution in [0.3, 0.4) is 0 Å². The molecule has 10 rings (SSSR count). The molecule has 0 amide bonds. The van der Waals surface area contributed by atoms with Crippen molar-refractivity contribution in [2.75, 3.05) is 4.90 Å². The molecule has 1 aliphatic heterocycles. The lowest BCUT2D eigenvalue weighted by molar-refractivity contribution is 0.659. The van der Waals surface area contributed by atoms with E-state index >= 15 is 0 Å². The van der Waals surface area contributed by atoms with E-state index in [4.69, 9.17) is 4.98 Å². The highest BCUT2D eigenvalue weighted by atomic mass is 15.1. The number of hydrogen-bond acceptors (Lipinski definition) is 2. The van der Waals surface area contributed by atoms with Crippen molar-refractivity contribution in [3.63, 3.8) is 0 Å². The van der Waals surface area contributed by atoms with E-state index in [1.54, 1.807) is 0 Å². The summed E-state index contributed by atoms with van der Waals surface area (Å²) < 4.78 is 2.45. The maximum absolute atomic E-state index is 5.16. The van der Waals surface area contributed by atoms with Crippen LogP contribution in [0.2, 0.25) is 0 Å². The largest absolute Gasteiger partial charge is 0.317 e. The fraction of sp³-hybridized carbons (Fsp3) is 0.0652. The van der Waals surface area contributed by atoms with E-state index in [1.807, 2.05) is 6.20 Å². The van der Waals surface area contributed by atoms with E-state index in [0.717, 1.165) is 28.2 Å². The maximum Gasteiger partial charge on any atom is 0.0786 e. The van der Waals surface area contributed by atoms with E-state index in [-0.39, 0.29) is 5.41 Å². The standard InChI is InChI=1S/C46H33N3/c1-46(2)25-27-48(30-14-4-3-5-15-30)43-29-37-31-16-6-7-19-34(31)44-35(36-21-13-26-47-45(36)38(37)28-39(43)46)20-12-24-42(44)49-40-22-10-8-17-32(40)33-18-9-11-23-41(33)49/h3-29H,1-2H3. The van der Waals surface area contributed by atoms with Gasteiger partial charge in [0.1, 0.15) is 0 Å². The van der Waals surface area contributed by atoms with E-state index in [9.17, 15) is 0 Å². The highest BCUT2D eigenvalue weighted by Crippen LogP contribution is 2.53. The van der Waals surface area contributed by atoms with Crippen LogP contribution < -0.4 is 4.90 Å². The van der Waals surface area contributed by atoms with Crippen molar-refractivity contribution in [3.05, 3.63) is 170 Å². The molecule has 2 aliphatic rings. The second kappa shape index (κ2) is 10.4. The lowest BCUT2D eigenvalue weighted by Gasteiger charge is -2.37. The van der Waals surface area contributed by atoms with Crippen LogP contribution in [0.5, 0.6) is 0 Å². The summed E-state index contributed by atoms with van der Waals surface area (Å²) in [6, 6.07) is 53.0. The number of hydrogen-bond donors (Lipinski definition) is 0. The van der Waals surface area contributed by atoms with Gasteiger partial charge in [0.25, 0.3) is 0 Å². The van der Waals surface area contributed by atoms with Crippen molar-refractivity contribution in [1.29, 1.82) is 0 Å². The fourth-order valence-electron chi connectivity index (χ4n) is 8.16. The first kappa shape index (κ1) is 27.9. The van der Waals surface area contributed by atoms with Crippen LogP contribution in [0, 0.1) is 0 Å². The zero-order chi connectivity index (χ0) is 32.7. The Kier molecular flexibility index (Phi) is 5.92.